The maximum atomic E-state index is 12.4. The molecule has 1 aliphatic carbocycles. The van der Waals surface area contributed by atoms with Crippen molar-refractivity contribution in [3.63, 3.8) is 0 Å². The number of carbonyl (C=O) groups excluding carboxylic acids is 1. The van der Waals surface area contributed by atoms with E-state index < -0.39 is 0 Å². The SMILES string of the molecule is CC1CCCCC1NC(=O)Nc1ccc2c(ccn2CCN2CCOCC2)c1. The van der Waals surface area contributed by atoms with Gasteiger partial charge in [-0.05, 0) is 43.0 Å². The molecule has 2 amide bonds. The van der Waals surface area contributed by atoms with Crippen molar-refractivity contribution in [3.8, 4) is 0 Å². The molecule has 2 unspecified atom stereocenters. The molecule has 0 radical (unpaired) electrons. The van der Waals surface area contributed by atoms with Crippen LogP contribution in [0.25, 0.3) is 10.9 Å². The number of rotatable bonds is 5. The summed E-state index contributed by atoms with van der Waals surface area (Å²) in [4.78, 5) is 14.8. The van der Waals surface area contributed by atoms with Crippen molar-refractivity contribution in [2.45, 2.75) is 45.2 Å². The quantitative estimate of drug-likeness (QED) is 0.827. The number of nitrogens with one attached hydrogen (secondary N) is 2. The van der Waals surface area contributed by atoms with Crippen LogP contribution >= 0.6 is 0 Å². The topological polar surface area (TPSA) is 58.5 Å². The monoisotopic (exact) mass is 384 g/mol. The first-order valence-electron chi connectivity index (χ1n) is 10.7. The lowest BCUT2D eigenvalue weighted by Crippen LogP contribution is -2.43. The molecule has 1 aromatic carbocycles. The number of hydrogen-bond donors (Lipinski definition) is 2. The molecule has 2 fully saturated rings. The Balaban J connectivity index is 1.34. The second kappa shape index (κ2) is 8.97. The molecular weight excluding hydrogens is 352 g/mol. The minimum Gasteiger partial charge on any atom is -0.379 e. The number of amides is 2. The smallest absolute Gasteiger partial charge is 0.319 e. The zero-order valence-electron chi connectivity index (χ0n) is 16.8. The van der Waals surface area contributed by atoms with E-state index in [-0.39, 0.29) is 6.03 Å². The summed E-state index contributed by atoms with van der Waals surface area (Å²) >= 11 is 0. The van der Waals surface area contributed by atoms with Crippen LogP contribution in [0.3, 0.4) is 0 Å². The molecule has 6 nitrogen and oxygen atoms in total. The van der Waals surface area contributed by atoms with E-state index in [0.29, 0.717) is 12.0 Å². The van der Waals surface area contributed by atoms with Crippen LogP contribution in [0.1, 0.15) is 32.6 Å². The van der Waals surface area contributed by atoms with Gasteiger partial charge in [-0.25, -0.2) is 4.79 Å². The summed E-state index contributed by atoms with van der Waals surface area (Å²) in [6.45, 7) is 7.94. The van der Waals surface area contributed by atoms with E-state index >= 15 is 0 Å². The van der Waals surface area contributed by atoms with Crippen LogP contribution in [0.15, 0.2) is 30.5 Å². The Kier molecular flexibility index (Phi) is 6.17. The average Bonchev–Trinajstić information content (AvgIpc) is 3.11. The van der Waals surface area contributed by atoms with E-state index in [1.165, 1.54) is 24.8 Å². The van der Waals surface area contributed by atoms with Crippen LogP contribution in [-0.4, -0.2) is 54.4 Å². The van der Waals surface area contributed by atoms with Gasteiger partial charge < -0.3 is 19.9 Å². The Morgan fingerprint density at radius 2 is 1.96 bits per heavy atom. The van der Waals surface area contributed by atoms with E-state index in [1.807, 2.05) is 6.07 Å². The Morgan fingerprint density at radius 3 is 2.79 bits per heavy atom. The summed E-state index contributed by atoms with van der Waals surface area (Å²) in [5.41, 5.74) is 2.06. The van der Waals surface area contributed by atoms with Gasteiger partial charge in [-0.1, -0.05) is 19.8 Å². The number of fused-ring (bicyclic) bond motifs is 1. The normalized spacial score (nSPS) is 23.6. The van der Waals surface area contributed by atoms with Crippen molar-refractivity contribution in [1.29, 1.82) is 0 Å². The number of anilines is 1. The van der Waals surface area contributed by atoms with E-state index in [1.54, 1.807) is 0 Å². The van der Waals surface area contributed by atoms with Crippen molar-refractivity contribution in [2.24, 2.45) is 5.92 Å². The third-order valence-electron chi connectivity index (χ3n) is 6.22. The highest BCUT2D eigenvalue weighted by molar-refractivity contribution is 5.93. The molecule has 28 heavy (non-hydrogen) atoms. The molecule has 1 aromatic heterocycles. The molecule has 2 N–H and O–H groups in total. The van der Waals surface area contributed by atoms with Gasteiger partial charge in [0.25, 0.3) is 0 Å². The molecule has 2 atom stereocenters. The van der Waals surface area contributed by atoms with E-state index in [2.05, 4.69) is 51.4 Å². The fourth-order valence-electron chi connectivity index (χ4n) is 4.41. The van der Waals surface area contributed by atoms with Crippen molar-refractivity contribution in [2.75, 3.05) is 38.2 Å². The van der Waals surface area contributed by atoms with Gasteiger partial charge in [-0.2, -0.15) is 0 Å². The number of nitrogens with zero attached hydrogens (tertiary/aromatic N) is 2. The molecule has 2 heterocycles. The highest BCUT2D eigenvalue weighted by atomic mass is 16.5. The summed E-state index contributed by atoms with van der Waals surface area (Å²) in [5, 5.41) is 7.33. The van der Waals surface area contributed by atoms with Gasteiger partial charge in [-0.15, -0.1) is 0 Å². The second-order valence-corrected chi connectivity index (χ2v) is 8.20. The van der Waals surface area contributed by atoms with Gasteiger partial charge in [0, 0.05) is 55.0 Å². The standard InChI is InChI=1S/C22H32N4O2/c1-17-4-2-3-5-20(17)24-22(27)23-19-6-7-21-18(16-19)8-9-26(21)11-10-25-12-14-28-15-13-25/h6-9,16-17,20H,2-5,10-15H2,1H3,(H2,23,24,27). The third-order valence-corrected chi connectivity index (χ3v) is 6.22. The largest absolute Gasteiger partial charge is 0.379 e. The maximum absolute atomic E-state index is 12.4. The minimum absolute atomic E-state index is 0.0927. The third kappa shape index (κ3) is 4.67. The number of urea groups is 1. The molecule has 0 bridgehead atoms. The summed E-state index contributed by atoms with van der Waals surface area (Å²) in [5.74, 6) is 0.558. The number of ether oxygens (including phenoxy) is 1. The van der Waals surface area contributed by atoms with Gasteiger partial charge in [0.15, 0.2) is 0 Å². The van der Waals surface area contributed by atoms with Crippen molar-refractivity contribution in [1.82, 2.24) is 14.8 Å². The zero-order valence-corrected chi connectivity index (χ0v) is 16.8. The van der Waals surface area contributed by atoms with Crippen LogP contribution in [0.5, 0.6) is 0 Å². The summed E-state index contributed by atoms with van der Waals surface area (Å²) in [7, 11) is 0. The van der Waals surface area contributed by atoms with E-state index in [9.17, 15) is 4.79 Å². The summed E-state index contributed by atoms with van der Waals surface area (Å²) < 4.78 is 7.71. The zero-order chi connectivity index (χ0) is 19.3. The van der Waals surface area contributed by atoms with Gasteiger partial charge in [0.1, 0.15) is 0 Å². The Bertz CT molecular complexity index is 797. The molecule has 4 rings (SSSR count). The highest BCUT2D eigenvalue weighted by Gasteiger charge is 2.22. The molecular formula is C22H32N4O2. The summed E-state index contributed by atoms with van der Waals surface area (Å²) in [6, 6.07) is 8.49. The predicted molar refractivity (Wildman–Crippen MR) is 113 cm³/mol. The van der Waals surface area contributed by atoms with Crippen LogP contribution in [0.4, 0.5) is 10.5 Å². The fraction of sp³-hybridized carbons (Fsp3) is 0.591. The Hall–Kier alpha value is -2.05. The fourth-order valence-corrected chi connectivity index (χ4v) is 4.41. The van der Waals surface area contributed by atoms with Crippen molar-refractivity contribution >= 4 is 22.6 Å². The lowest BCUT2D eigenvalue weighted by molar-refractivity contribution is 0.0365. The van der Waals surface area contributed by atoms with Crippen LogP contribution in [0, 0.1) is 5.92 Å². The van der Waals surface area contributed by atoms with Gasteiger partial charge in [0.2, 0.25) is 0 Å². The van der Waals surface area contributed by atoms with E-state index in [4.69, 9.17) is 4.74 Å². The molecule has 1 saturated heterocycles. The van der Waals surface area contributed by atoms with Crippen molar-refractivity contribution in [3.05, 3.63) is 30.5 Å². The molecule has 1 saturated carbocycles. The molecule has 2 aromatic rings. The second-order valence-electron chi connectivity index (χ2n) is 8.20. The minimum atomic E-state index is -0.0927. The molecule has 0 spiro atoms. The number of benzene rings is 1. The van der Waals surface area contributed by atoms with Crippen LogP contribution < -0.4 is 10.6 Å². The van der Waals surface area contributed by atoms with Gasteiger partial charge in [0.05, 0.1) is 13.2 Å². The van der Waals surface area contributed by atoms with Crippen molar-refractivity contribution < 1.29 is 9.53 Å². The van der Waals surface area contributed by atoms with Gasteiger partial charge >= 0.3 is 6.03 Å². The number of hydrogen-bond acceptors (Lipinski definition) is 3. The molecule has 2 aliphatic rings. The predicted octanol–water partition coefficient (Wildman–Crippen LogP) is 3.67. The van der Waals surface area contributed by atoms with Crippen LogP contribution in [-0.2, 0) is 11.3 Å². The maximum Gasteiger partial charge on any atom is 0.319 e. The Morgan fingerprint density at radius 1 is 1.14 bits per heavy atom. The average molecular weight is 385 g/mol. The molecule has 1 aliphatic heterocycles. The molecule has 6 heteroatoms. The lowest BCUT2D eigenvalue weighted by atomic mass is 9.86. The van der Waals surface area contributed by atoms with E-state index in [0.717, 1.165) is 56.9 Å². The summed E-state index contributed by atoms with van der Waals surface area (Å²) in [6.07, 6.45) is 6.91. The highest BCUT2D eigenvalue weighted by Crippen LogP contribution is 2.24. The molecule has 152 valence electrons. The first-order chi connectivity index (χ1) is 13.7. The number of aromatic nitrogens is 1. The first-order valence-corrected chi connectivity index (χ1v) is 10.7. The number of carbonyl (C=O) groups is 1. The Labute approximate surface area is 167 Å². The first kappa shape index (κ1) is 19.3. The number of morpholine rings is 1. The lowest BCUT2D eigenvalue weighted by Gasteiger charge is -2.29. The van der Waals surface area contributed by atoms with Crippen LogP contribution in [0.2, 0.25) is 0 Å². The van der Waals surface area contributed by atoms with Gasteiger partial charge in [-0.3, -0.25) is 4.90 Å².